The molecule has 8 nitrogen and oxygen atoms in total. The maximum Gasteiger partial charge on any atom is 0.436 e. The number of aliphatic carboxylic acids is 1. The van der Waals surface area contributed by atoms with E-state index in [1.54, 1.807) is 0 Å². The number of ether oxygens (including phenoxy) is 2. The summed E-state index contributed by atoms with van der Waals surface area (Å²) in [7, 11) is 1.31. The van der Waals surface area contributed by atoms with E-state index in [1.165, 1.54) is 44.4 Å². The molecule has 11 heteroatoms. The van der Waals surface area contributed by atoms with Gasteiger partial charge in [-0.15, -0.1) is 0 Å². The third-order valence-corrected chi connectivity index (χ3v) is 3.89. The van der Waals surface area contributed by atoms with Gasteiger partial charge in [0.15, 0.2) is 11.5 Å². The minimum Gasteiger partial charge on any atom is -0.480 e. The third kappa shape index (κ3) is 4.24. The molecule has 1 N–H and O–H groups in total. The van der Waals surface area contributed by atoms with Crippen LogP contribution in [0.4, 0.5) is 13.2 Å². The summed E-state index contributed by atoms with van der Waals surface area (Å²) in [5.74, 6) is -1.32. The number of allylic oxidation sites excluding steroid dienone is 1. The molecule has 0 aliphatic carbocycles. The molecule has 0 spiro atoms. The van der Waals surface area contributed by atoms with Crippen LogP contribution in [0.1, 0.15) is 18.2 Å². The minimum atomic E-state index is -4.64. The van der Waals surface area contributed by atoms with Gasteiger partial charge in [0.2, 0.25) is 11.8 Å². The van der Waals surface area contributed by atoms with Crippen LogP contribution in [0.2, 0.25) is 0 Å². The van der Waals surface area contributed by atoms with Crippen molar-refractivity contribution in [2.75, 3.05) is 7.11 Å². The maximum absolute atomic E-state index is 12.7. The van der Waals surface area contributed by atoms with Crippen LogP contribution in [0.5, 0.6) is 17.5 Å². The van der Waals surface area contributed by atoms with Crippen molar-refractivity contribution in [3.8, 4) is 28.8 Å². The molecule has 0 saturated carbocycles. The van der Waals surface area contributed by atoms with Crippen LogP contribution in [0.3, 0.4) is 0 Å². The molecule has 30 heavy (non-hydrogen) atoms. The normalized spacial score (nSPS) is 12.0. The van der Waals surface area contributed by atoms with Gasteiger partial charge in [0.1, 0.15) is 17.6 Å². The molecule has 3 rings (SSSR count). The van der Waals surface area contributed by atoms with E-state index in [0.717, 1.165) is 12.4 Å². The highest BCUT2D eigenvalue weighted by Crippen LogP contribution is 2.36. The molecule has 0 atom stereocenters. The Bertz CT molecular complexity index is 1110. The summed E-state index contributed by atoms with van der Waals surface area (Å²) in [5.41, 5.74) is -1.03. The van der Waals surface area contributed by atoms with E-state index < -0.39 is 17.8 Å². The molecule has 0 radical (unpaired) electrons. The number of carboxylic acids is 1. The molecule has 0 bridgehead atoms. The van der Waals surface area contributed by atoms with Gasteiger partial charge in [-0.1, -0.05) is 23.4 Å². The first-order valence-electron chi connectivity index (χ1n) is 8.35. The lowest BCUT2D eigenvalue weighted by Crippen LogP contribution is -2.06. The number of hydrogen-bond donors (Lipinski definition) is 1. The van der Waals surface area contributed by atoms with E-state index in [2.05, 4.69) is 15.1 Å². The molecular weight excluding hydrogens is 407 g/mol. The monoisotopic (exact) mass is 421 g/mol. The lowest BCUT2D eigenvalue weighted by Gasteiger charge is -2.13. The number of carbonyl (C=O) groups is 1. The summed E-state index contributed by atoms with van der Waals surface area (Å²) in [5, 5.41) is 12.5. The molecule has 1 aromatic carbocycles. The van der Waals surface area contributed by atoms with Gasteiger partial charge in [-0.25, -0.2) is 14.8 Å². The second kappa shape index (κ2) is 8.23. The fourth-order valence-electron chi connectivity index (χ4n) is 2.56. The third-order valence-electron chi connectivity index (χ3n) is 3.89. The number of aromatic nitrogens is 3. The van der Waals surface area contributed by atoms with Gasteiger partial charge in [0.05, 0.1) is 12.7 Å². The van der Waals surface area contributed by atoms with E-state index in [1.807, 2.05) is 0 Å². The zero-order valence-corrected chi connectivity index (χ0v) is 15.6. The van der Waals surface area contributed by atoms with Crippen molar-refractivity contribution in [1.82, 2.24) is 15.1 Å². The Hall–Kier alpha value is -3.89. The highest BCUT2D eigenvalue weighted by molar-refractivity contribution is 6.16. The SMILES string of the molecule is CC=C(C(=O)O)c1c(OC)ncnc1Oc1cccc(-c2cc(C(F)(F)F)no2)c1. The average molecular weight is 421 g/mol. The van der Waals surface area contributed by atoms with Crippen LogP contribution >= 0.6 is 0 Å². The fraction of sp³-hybridized carbons (Fsp3) is 0.158. The Balaban J connectivity index is 1.99. The summed E-state index contributed by atoms with van der Waals surface area (Å²) in [6.45, 7) is 1.52. The summed E-state index contributed by atoms with van der Waals surface area (Å²) >= 11 is 0. The van der Waals surface area contributed by atoms with Crippen molar-refractivity contribution in [3.63, 3.8) is 0 Å². The Morgan fingerprint density at radius 1 is 1.20 bits per heavy atom. The van der Waals surface area contributed by atoms with Crippen molar-refractivity contribution in [3.05, 3.63) is 54.0 Å². The van der Waals surface area contributed by atoms with Crippen LogP contribution in [-0.2, 0) is 11.0 Å². The summed E-state index contributed by atoms with van der Waals surface area (Å²) < 4.78 is 53.8. The fourth-order valence-corrected chi connectivity index (χ4v) is 2.56. The molecule has 0 saturated heterocycles. The first-order chi connectivity index (χ1) is 14.2. The lowest BCUT2D eigenvalue weighted by atomic mass is 10.1. The number of alkyl halides is 3. The molecule has 0 fully saturated rings. The molecule has 0 unspecified atom stereocenters. The van der Waals surface area contributed by atoms with Crippen LogP contribution in [0.25, 0.3) is 16.9 Å². The van der Waals surface area contributed by atoms with Crippen LogP contribution < -0.4 is 9.47 Å². The predicted molar refractivity (Wildman–Crippen MR) is 96.9 cm³/mol. The first kappa shape index (κ1) is 20.8. The number of nitrogens with zero attached hydrogens (tertiary/aromatic N) is 3. The van der Waals surface area contributed by atoms with E-state index in [-0.39, 0.29) is 40.0 Å². The molecule has 0 amide bonds. The highest BCUT2D eigenvalue weighted by atomic mass is 19.4. The minimum absolute atomic E-state index is 0.0134. The Labute approximate surface area is 167 Å². The number of carboxylic acid groups (broad SMARTS) is 1. The smallest absolute Gasteiger partial charge is 0.436 e. The van der Waals surface area contributed by atoms with E-state index >= 15 is 0 Å². The number of methoxy groups -OCH3 is 1. The van der Waals surface area contributed by atoms with Gasteiger partial charge >= 0.3 is 12.1 Å². The maximum atomic E-state index is 12.7. The van der Waals surface area contributed by atoms with Gasteiger partial charge < -0.3 is 19.1 Å². The number of benzene rings is 1. The second-order valence-electron chi connectivity index (χ2n) is 5.77. The number of halogens is 3. The van der Waals surface area contributed by atoms with Crippen molar-refractivity contribution < 1.29 is 37.1 Å². The molecule has 0 aliphatic rings. The quantitative estimate of drug-likeness (QED) is 0.582. The van der Waals surface area contributed by atoms with E-state index in [0.29, 0.717) is 0 Å². The topological polar surface area (TPSA) is 108 Å². The zero-order valence-electron chi connectivity index (χ0n) is 15.6. The lowest BCUT2D eigenvalue weighted by molar-refractivity contribution is -0.142. The van der Waals surface area contributed by atoms with E-state index in [9.17, 15) is 23.1 Å². The first-order valence-corrected chi connectivity index (χ1v) is 8.35. The van der Waals surface area contributed by atoms with Gasteiger partial charge in [-0.2, -0.15) is 13.2 Å². The number of rotatable bonds is 6. The molecular formula is C19H14F3N3O5. The molecule has 156 valence electrons. The van der Waals surface area contributed by atoms with Crippen molar-refractivity contribution in [2.45, 2.75) is 13.1 Å². The Morgan fingerprint density at radius 3 is 2.53 bits per heavy atom. The van der Waals surface area contributed by atoms with Crippen molar-refractivity contribution in [1.29, 1.82) is 0 Å². The highest BCUT2D eigenvalue weighted by Gasteiger charge is 2.35. The van der Waals surface area contributed by atoms with Crippen molar-refractivity contribution >= 4 is 11.5 Å². The Kier molecular flexibility index (Phi) is 5.72. The number of hydrogen-bond acceptors (Lipinski definition) is 7. The van der Waals surface area contributed by atoms with Crippen molar-refractivity contribution in [2.24, 2.45) is 0 Å². The predicted octanol–water partition coefficient (Wildman–Crippen LogP) is 4.44. The van der Waals surface area contributed by atoms with Gasteiger partial charge in [0, 0.05) is 11.6 Å². The van der Waals surface area contributed by atoms with Gasteiger partial charge in [0.25, 0.3) is 0 Å². The zero-order chi connectivity index (χ0) is 21.9. The van der Waals surface area contributed by atoms with Gasteiger partial charge in [-0.05, 0) is 19.1 Å². The van der Waals surface area contributed by atoms with Crippen LogP contribution in [0, 0.1) is 0 Å². The summed E-state index contributed by atoms with van der Waals surface area (Å²) in [4.78, 5) is 19.4. The largest absolute Gasteiger partial charge is 0.480 e. The Morgan fingerprint density at radius 2 is 1.93 bits per heavy atom. The van der Waals surface area contributed by atoms with Gasteiger partial charge in [-0.3, -0.25) is 0 Å². The summed E-state index contributed by atoms with van der Waals surface area (Å²) in [6.07, 6.45) is -2.18. The molecule has 3 aromatic rings. The van der Waals surface area contributed by atoms with Crippen LogP contribution in [0.15, 0.2) is 47.3 Å². The molecule has 2 heterocycles. The average Bonchev–Trinajstić information content (AvgIpc) is 3.20. The molecule has 0 aliphatic heterocycles. The van der Waals surface area contributed by atoms with E-state index in [4.69, 9.17) is 14.0 Å². The summed E-state index contributed by atoms with van der Waals surface area (Å²) in [6, 6.07) is 6.70. The standard InChI is InChI=1S/C19H14F3N3O5/c1-3-12(18(26)27)15-16(28-2)23-9-24-17(15)29-11-6-4-5-10(7-11)13-8-14(25-30-13)19(20,21)22/h3-9H,1-2H3,(H,26,27). The molecule has 2 aromatic heterocycles. The van der Waals surface area contributed by atoms with Crippen LogP contribution in [-0.4, -0.2) is 33.3 Å². The second-order valence-corrected chi connectivity index (χ2v) is 5.77.